The quantitative estimate of drug-likeness (QED) is 0.624. The minimum absolute atomic E-state index is 0.0229. The van der Waals surface area contributed by atoms with Crippen molar-refractivity contribution in [3.05, 3.63) is 40.9 Å². The summed E-state index contributed by atoms with van der Waals surface area (Å²) in [5, 5.41) is 16.2. The third-order valence-corrected chi connectivity index (χ3v) is 3.86. The van der Waals surface area contributed by atoms with E-state index in [0.29, 0.717) is 16.9 Å². The number of nitrogens with zero attached hydrogens (tertiary/aromatic N) is 3. The van der Waals surface area contributed by atoms with Crippen LogP contribution in [0.4, 0.5) is 0 Å². The molecule has 2 rings (SSSR count). The highest BCUT2D eigenvalue weighted by molar-refractivity contribution is 8.01. The topological polar surface area (TPSA) is 66.6 Å². The van der Waals surface area contributed by atoms with Crippen LogP contribution in [0.1, 0.15) is 15.9 Å². The molecule has 84 valence electrons. The van der Waals surface area contributed by atoms with Crippen LogP contribution in [-0.2, 0) is 0 Å². The van der Waals surface area contributed by atoms with Crippen LogP contribution in [-0.4, -0.2) is 21.7 Å². The first-order chi connectivity index (χ1) is 8.29. The molecule has 0 atom stereocenters. The zero-order chi connectivity index (χ0) is 12.1. The molecule has 0 bridgehead atoms. The lowest BCUT2D eigenvalue weighted by Crippen LogP contribution is -2.01. The van der Waals surface area contributed by atoms with Gasteiger partial charge in [0, 0.05) is 5.56 Å². The molecule has 0 spiro atoms. The molecule has 1 aromatic carbocycles. The summed E-state index contributed by atoms with van der Waals surface area (Å²) in [4.78, 5) is 11.8. The maximum Gasteiger partial charge on any atom is 0.174 e. The Bertz CT molecular complexity index is 543. The van der Waals surface area contributed by atoms with Crippen LogP contribution in [0, 0.1) is 11.3 Å². The largest absolute Gasteiger partial charge is 0.293 e. The Hall–Kier alpha value is -1.71. The fourth-order valence-corrected chi connectivity index (χ4v) is 2.55. The molecule has 0 N–H and O–H groups in total. The number of thioether (sulfide) groups is 1. The molecule has 0 fully saturated rings. The standard InChI is InChI=1S/C11H7N3OS2/c12-5-8-1-3-9(4-2-8)10(15)6-16-11-14-13-7-17-11/h1-4,7H,6H2. The molecule has 0 amide bonds. The third kappa shape index (κ3) is 3.12. The predicted octanol–water partition coefficient (Wildman–Crippen LogP) is 2.38. The van der Waals surface area contributed by atoms with Gasteiger partial charge in [0.1, 0.15) is 5.51 Å². The van der Waals surface area contributed by atoms with E-state index in [1.54, 1.807) is 29.8 Å². The Morgan fingerprint density at radius 2 is 2.18 bits per heavy atom. The van der Waals surface area contributed by atoms with Crippen molar-refractivity contribution >= 4 is 28.9 Å². The van der Waals surface area contributed by atoms with Gasteiger partial charge in [-0.15, -0.1) is 10.2 Å². The number of benzene rings is 1. The van der Waals surface area contributed by atoms with E-state index in [2.05, 4.69) is 10.2 Å². The van der Waals surface area contributed by atoms with E-state index < -0.39 is 0 Å². The first-order valence-electron chi connectivity index (χ1n) is 4.72. The normalized spacial score (nSPS) is 9.82. The lowest BCUT2D eigenvalue weighted by molar-refractivity contribution is 0.102. The molecule has 1 aromatic heterocycles. The number of rotatable bonds is 4. The maximum absolute atomic E-state index is 11.8. The zero-order valence-corrected chi connectivity index (χ0v) is 10.3. The summed E-state index contributed by atoms with van der Waals surface area (Å²) in [6.45, 7) is 0. The summed E-state index contributed by atoms with van der Waals surface area (Å²) in [6, 6.07) is 8.63. The second-order valence-electron chi connectivity index (χ2n) is 3.11. The molecule has 0 aliphatic rings. The lowest BCUT2D eigenvalue weighted by Gasteiger charge is -1.98. The molecule has 0 saturated heterocycles. The number of Topliss-reactive ketones (excluding diaryl/α,β-unsaturated/α-hetero) is 1. The monoisotopic (exact) mass is 261 g/mol. The van der Waals surface area contributed by atoms with Crippen molar-refractivity contribution in [1.29, 1.82) is 5.26 Å². The van der Waals surface area contributed by atoms with E-state index in [0.717, 1.165) is 4.34 Å². The fourth-order valence-electron chi connectivity index (χ4n) is 1.17. The summed E-state index contributed by atoms with van der Waals surface area (Å²) in [5.41, 5.74) is 2.80. The number of aromatic nitrogens is 2. The van der Waals surface area contributed by atoms with Crippen LogP contribution >= 0.6 is 23.1 Å². The first kappa shape index (κ1) is 11.8. The van der Waals surface area contributed by atoms with Gasteiger partial charge >= 0.3 is 0 Å². The Morgan fingerprint density at radius 1 is 1.41 bits per heavy atom. The van der Waals surface area contributed by atoms with Crippen molar-refractivity contribution in [2.45, 2.75) is 4.34 Å². The highest BCUT2D eigenvalue weighted by Crippen LogP contribution is 2.20. The molecule has 0 aliphatic carbocycles. The third-order valence-electron chi connectivity index (χ3n) is 2.00. The van der Waals surface area contributed by atoms with Gasteiger partial charge in [-0.1, -0.05) is 35.2 Å². The molecule has 1 heterocycles. The van der Waals surface area contributed by atoms with Gasteiger partial charge in [-0.25, -0.2) is 0 Å². The van der Waals surface area contributed by atoms with E-state index in [1.807, 2.05) is 6.07 Å². The van der Waals surface area contributed by atoms with Crippen molar-refractivity contribution in [2.75, 3.05) is 5.75 Å². The van der Waals surface area contributed by atoms with Crippen molar-refractivity contribution in [2.24, 2.45) is 0 Å². The molecule has 6 heteroatoms. The molecule has 0 saturated carbocycles. The summed E-state index contributed by atoms with van der Waals surface area (Å²) in [5.74, 6) is 0.357. The van der Waals surface area contributed by atoms with Gasteiger partial charge in [0.2, 0.25) is 0 Å². The summed E-state index contributed by atoms with van der Waals surface area (Å²) >= 11 is 2.78. The van der Waals surface area contributed by atoms with Gasteiger partial charge in [0.25, 0.3) is 0 Å². The number of nitriles is 1. The summed E-state index contributed by atoms with van der Waals surface area (Å²) < 4.78 is 0.784. The molecule has 2 aromatic rings. The molecular weight excluding hydrogens is 254 g/mol. The Kier molecular flexibility index (Phi) is 3.85. The molecular formula is C11H7N3OS2. The number of hydrogen-bond acceptors (Lipinski definition) is 6. The van der Waals surface area contributed by atoms with Crippen molar-refractivity contribution in [1.82, 2.24) is 10.2 Å². The molecule has 0 unspecified atom stereocenters. The van der Waals surface area contributed by atoms with E-state index in [9.17, 15) is 4.79 Å². The van der Waals surface area contributed by atoms with Crippen LogP contribution < -0.4 is 0 Å². The fraction of sp³-hybridized carbons (Fsp3) is 0.0909. The SMILES string of the molecule is N#Cc1ccc(C(=O)CSc2nncs2)cc1. The van der Waals surface area contributed by atoms with Crippen LogP contribution in [0.5, 0.6) is 0 Å². The van der Waals surface area contributed by atoms with Crippen molar-refractivity contribution in [3.8, 4) is 6.07 Å². The molecule has 0 aliphatic heterocycles. The minimum atomic E-state index is 0.0229. The van der Waals surface area contributed by atoms with Gasteiger partial charge in [-0.2, -0.15) is 5.26 Å². The van der Waals surface area contributed by atoms with Gasteiger partial charge in [-0.05, 0) is 12.1 Å². The van der Waals surface area contributed by atoms with Crippen molar-refractivity contribution < 1.29 is 4.79 Å². The van der Waals surface area contributed by atoms with Gasteiger partial charge in [0.05, 0.1) is 17.4 Å². The minimum Gasteiger partial charge on any atom is -0.293 e. The van der Waals surface area contributed by atoms with E-state index >= 15 is 0 Å². The molecule has 17 heavy (non-hydrogen) atoms. The van der Waals surface area contributed by atoms with Crippen LogP contribution in [0.25, 0.3) is 0 Å². The van der Waals surface area contributed by atoms with Gasteiger partial charge in [0.15, 0.2) is 10.1 Å². The molecule has 4 nitrogen and oxygen atoms in total. The van der Waals surface area contributed by atoms with E-state index in [4.69, 9.17) is 5.26 Å². The van der Waals surface area contributed by atoms with Crippen LogP contribution in [0.15, 0.2) is 34.1 Å². The van der Waals surface area contributed by atoms with Gasteiger partial charge in [-0.3, -0.25) is 4.79 Å². The Balaban J connectivity index is 1.97. The average molecular weight is 261 g/mol. The predicted molar refractivity (Wildman–Crippen MR) is 66.1 cm³/mol. The highest BCUT2D eigenvalue weighted by atomic mass is 32.2. The number of carbonyl (C=O) groups is 1. The lowest BCUT2D eigenvalue weighted by atomic mass is 10.1. The van der Waals surface area contributed by atoms with Crippen LogP contribution in [0.2, 0.25) is 0 Å². The smallest absolute Gasteiger partial charge is 0.174 e. The summed E-state index contributed by atoms with van der Waals surface area (Å²) in [7, 11) is 0. The first-order valence-corrected chi connectivity index (χ1v) is 6.58. The number of hydrogen-bond donors (Lipinski definition) is 0. The van der Waals surface area contributed by atoms with Gasteiger partial charge < -0.3 is 0 Å². The second-order valence-corrected chi connectivity index (χ2v) is 5.16. The summed E-state index contributed by atoms with van der Waals surface area (Å²) in [6.07, 6.45) is 0. The Labute approximate surface area is 106 Å². The van der Waals surface area contributed by atoms with E-state index in [1.165, 1.54) is 23.1 Å². The van der Waals surface area contributed by atoms with E-state index in [-0.39, 0.29) is 5.78 Å². The average Bonchev–Trinajstić information content (AvgIpc) is 2.89. The number of ketones is 1. The molecule has 0 radical (unpaired) electrons. The highest BCUT2D eigenvalue weighted by Gasteiger charge is 2.07. The second kappa shape index (κ2) is 5.57. The zero-order valence-electron chi connectivity index (χ0n) is 8.66. The Morgan fingerprint density at radius 3 is 2.76 bits per heavy atom. The van der Waals surface area contributed by atoms with Crippen molar-refractivity contribution in [3.63, 3.8) is 0 Å². The number of carbonyl (C=O) groups excluding carboxylic acids is 1. The van der Waals surface area contributed by atoms with Crippen LogP contribution in [0.3, 0.4) is 0 Å². The maximum atomic E-state index is 11.8.